The monoisotopic (exact) mass is 372 g/mol. The molecule has 0 bridgehead atoms. The van der Waals surface area contributed by atoms with E-state index >= 15 is 0 Å². The maximum absolute atomic E-state index is 12.6. The van der Waals surface area contributed by atoms with Gasteiger partial charge in [-0.05, 0) is 17.9 Å². The molecule has 8 nitrogen and oxygen atoms in total. The summed E-state index contributed by atoms with van der Waals surface area (Å²) in [4.78, 5) is 31.8. The standard InChI is InChI=1S/C19H24N4O4/c24-17-16(14-20-7-9-22-10-12-27-13-11-22)18(25)23(19(26)21-17)8-6-15-4-2-1-3-5-15/h1-5,14,25H,6-13H2,(H,21,24,26). The maximum atomic E-state index is 12.6. The van der Waals surface area contributed by atoms with Crippen molar-refractivity contribution in [3.8, 4) is 5.88 Å². The van der Waals surface area contributed by atoms with Crippen LogP contribution in [0.25, 0.3) is 0 Å². The summed E-state index contributed by atoms with van der Waals surface area (Å²) in [7, 11) is 0. The molecule has 1 saturated heterocycles. The summed E-state index contributed by atoms with van der Waals surface area (Å²) >= 11 is 0. The van der Waals surface area contributed by atoms with E-state index in [1.165, 1.54) is 11.1 Å². The van der Waals surface area contributed by atoms with Crippen LogP contribution in [-0.4, -0.2) is 55.2 Å². The second-order valence-corrected chi connectivity index (χ2v) is 6.51. The molecule has 0 unspecified atom stereocenters. The van der Waals surface area contributed by atoms with E-state index in [9.17, 15) is 14.7 Å². The normalized spacial score (nSPS) is 15.4. The fourth-order valence-electron chi connectivity index (χ4n) is 3.06. The Kier molecular flexibility index (Phi) is 6.56. The molecule has 1 fully saturated rings. The fourth-order valence-corrected chi connectivity index (χ4v) is 3.06. The van der Waals surface area contributed by atoms with Crippen molar-refractivity contribution in [2.45, 2.75) is 13.0 Å². The molecule has 2 heterocycles. The van der Waals surface area contributed by atoms with Crippen LogP contribution in [-0.2, 0) is 17.7 Å². The van der Waals surface area contributed by atoms with Gasteiger partial charge >= 0.3 is 5.69 Å². The lowest BCUT2D eigenvalue weighted by Gasteiger charge is -2.22. The number of morpholine rings is 1. The van der Waals surface area contributed by atoms with Crippen molar-refractivity contribution in [3.63, 3.8) is 0 Å². The summed E-state index contributed by atoms with van der Waals surface area (Å²) in [6.45, 7) is 4.90. The van der Waals surface area contributed by atoms with Gasteiger partial charge in [0.15, 0.2) is 0 Å². The number of rotatable bonds is 7. The molecule has 1 aliphatic heterocycles. The molecule has 0 atom stereocenters. The molecule has 27 heavy (non-hydrogen) atoms. The van der Waals surface area contributed by atoms with Crippen molar-refractivity contribution in [1.82, 2.24) is 9.55 Å². The van der Waals surface area contributed by atoms with Gasteiger partial charge < -0.3 is 19.3 Å². The summed E-state index contributed by atoms with van der Waals surface area (Å²) < 4.78 is 6.37. The van der Waals surface area contributed by atoms with Crippen molar-refractivity contribution >= 4 is 6.21 Å². The number of hydrogen-bond donors (Lipinski definition) is 2. The minimum Gasteiger partial charge on any atom is -0.859 e. The molecule has 3 rings (SSSR count). The average molecular weight is 372 g/mol. The van der Waals surface area contributed by atoms with Gasteiger partial charge in [0.25, 0.3) is 5.56 Å². The van der Waals surface area contributed by atoms with Gasteiger partial charge in [-0.1, -0.05) is 30.3 Å². The van der Waals surface area contributed by atoms with Gasteiger partial charge in [0, 0.05) is 12.8 Å². The number of aromatic nitrogens is 2. The van der Waals surface area contributed by atoms with Crippen molar-refractivity contribution in [3.05, 3.63) is 62.3 Å². The first-order valence-electron chi connectivity index (χ1n) is 9.14. The molecule has 0 saturated carbocycles. The third-order valence-electron chi connectivity index (χ3n) is 4.67. The number of nitrogens with zero attached hydrogens (tertiary/aromatic N) is 2. The summed E-state index contributed by atoms with van der Waals surface area (Å²) in [6, 6.07) is 9.56. The highest BCUT2D eigenvalue weighted by Gasteiger charge is 2.12. The molecule has 0 radical (unpaired) electrons. The van der Waals surface area contributed by atoms with Crippen LogP contribution in [0.2, 0.25) is 0 Å². The third-order valence-corrected chi connectivity index (χ3v) is 4.67. The maximum Gasteiger partial charge on any atom is 0.327 e. The lowest BCUT2D eigenvalue weighted by molar-refractivity contribution is -0.906. The first kappa shape index (κ1) is 19.1. The van der Waals surface area contributed by atoms with E-state index < -0.39 is 17.1 Å². The van der Waals surface area contributed by atoms with Crippen LogP contribution in [0.3, 0.4) is 0 Å². The topological polar surface area (TPSA) is 104 Å². The van der Waals surface area contributed by atoms with Gasteiger partial charge in [0.2, 0.25) is 0 Å². The summed E-state index contributed by atoms with van der Waals surface area (Å²) in [6.07, 6.45) is 1.82. The van der Waals surface area contributed by atoms with Gasteiger partial charge in [-0.3, -0.25) is 14.8 Å². The fraction of sp³-hybridized carbons (Fsp3) is 0.421. The Morgan fingerprint density at radius 1 is 1.22 bits per heavy atom. The third kappa shape index (κ3) is 5.15. The lowest BCUT2D eigenvalue weighted by atomic mass is 10.1. The number of nitrogens with one attached hydrogen (secondary N) is 2. The van der Waals surface area contributed by atoms with Crippen molar-refractivity contribution < 1.29 is 14.7 Å². The number of ether oxygens (including phenoxy) is 1. The molecule has 0 aliphatic carbocycles. The predicted octanol–water partition coefficient (Wildman–Crippen LogP) is -1.81. The quantitative estimate of drug-likeness (QED) is 0.559. The average Bonchev–Trinajstić information content (AvgIpc) is 2.68. The SMILES string of the molecule is O=c1[nH]c(=O)n(CCc2ccccc2)c([O-])c1C=NCC[NH+]1CCOCC1. The van der Waals surface area contributed by atoms with Crippen LogP contribution >= 0.6 is 0 Å². The van der Waals surface area contributed by atoms with E-state index in [4.69, 9.17) is 4.74 Å². The lowest BCUT2D eigenvalue weighted by Crippen LogP contribution is -3.14. The van der Waals surface area contributed by atoms with Crippen LogP contribution in [0.5, 0.6) is 5.88 Å². The summed E-state index contributed by atoms with van der Waals surface area (Å²) in [5.41, 5.74) is -0.461. The van der Waals surface area contributed by atoms with Gasteiger partial charge in [0.05, 0.1) is 31.9 Å². The van der Waals surface area contributed by atoms with E-state index in [0.29, 0.717) is 13.0 Å². The highest BCUT2D eigenvalue weighted by atomic mass is 16.5. The predicted molar refractivity (Wildman–Crippen MR) is 99.8 cm³/mol. The van der Waals surface area contributed by atoms with Gasteiger partial charge in [-0.25, -0.2) is 4.79 Å². The van der Waals surface area contributed by atoms with Crippen LogP contribution in [0.4, 0.5) is 0 Å². The van der Waals surface area contributed by atoms with Gasteiger partial charge in [-0.2, -0.15) is 0 Å². The molecule has 144 valence electrons. The van der Waals surface area contributed by atoms with Gasteiger partial charge in [-0.15, -0.1) is 0 Å². The van der Waals surface area contributed by atoms with Crippen LogP contribution in [0.15, 0.2) is 44.9 Å². The second kappa shape index (κ2) is 9.29. The zero-order chi connectivity index (χ0) is 19.1. The molecule has 2 N–H and O–H groups in total. The zero-order valence-corrected chi connectivity index (χ0v) is 15.1. The van der Waals surface area contributed by atoms with Crippen LogP contribution < -0.4 is 21.3 Å². The zero-order valence-electron chi connectivity index (χ0n) is 15.1. The van der Waals surface area contributed by atoms with Crippen LogP contribution in [0.1, 0.15) is 11.1 Å². The number of H-pyrrole nitrogens is 1. The molecular weight excluding hydrogens is 348 g/mol. The van der Waals surface area contributed by atoms with Gasteiger partial charge in [0.1, 0.15) is 13.1 Å². The highest BCUT2D eigenvalue weighted by molar-refractivity contribution is 5.81. The number of quaternary nitrogens is 1. The smallest absolute Gasteiger partial charge is 0.327 e. The first-order chi connectivity index (χ1) is 13.1. The number of benzene rings is 1. The minimum atomic E-state index is -0.691. The molecular formula is C19H24N4O4. The number of aliphatic imine (C=N–C) groups is 1. The van der Waals surface area contributed by atoms with E-state index in [-0.39, 0.29) is 12.1 Å². The summed E-state index contributed by atoms with van der Waals surface area (Å²) in [5, 5.41) is 12.6. The Labute approximate surface area is 156 Å². The number of aromatic amines is 1. The molecule has 2 aromatic rings. The second-order valence-electron chi connectivity index (χ2n) is 6.51. The molecule has 0 spiro atoms. The Balaban J connectivity index is 1.68. The van der Waals surface area contributed by atoms with Crippen molar-refractivity contribution in [1.29, 1.82) is 0 Å². The van der Waals surface area contributed by atoms with E-state index in [1.54, 1.807) is 0 Å². The molecule has 0 amide bonds. The summed E-state index contributed by atoms with van der Waals surface area (Å²) in [5.74, 6) is -0.595. The largest absolute Gasteiger partial charge is 0.859 e. The van der Waals surface area contributed by atoms with E-state index in [2.05, 4.69) is 9.98 Å². The van der Waals surface area contributed by atoms with E-state index in [1.807, 2.05) is 30.3 Å². The Hall–Kier alpha value is -2.71. The van der Waals surface area contributed by atoms with Crippen molar-refractivity contribution in [2.24, 2.45) is 4.99 Å². The highest BCUT2D eigenvalue weighted by Crippen LogP contribution is 2.06. The van der Waals surface area contributed by atoms with Crippen molar-refractivity contribution in [2.75, 3.05) is 39.4 Å². The number of hydrogen-bond acceptors (Lipinski definition) is 5. The van der Waals surface area contributed by atoms with E-state index in [0.717, 1.165) is 43.0 Å². The minimum absolute atomic E-state index is 0.0976. The molecule has 1 aromatic carbocycles. The molecule has 1 aromatic heterocycles. The molecule has 8 heteroatoms. The first-order valence-corrected chi connectivity index (χ1v) is 9.14. The molecule has 1 aliphatic rings. The Morgan fingerprint density at radius 2 is 1.96 bits per heavy atom. The Bertz CT molecular complexity index is 883. The number of aryl methyl sites for hydroxylation is 1. The van der Waals surface area contributed by atoms with Crippen LogP contribution in [0, 0.1) is 0 Å². The Morgan fingerprint density at radius 3 is 2.70 bits per heavy atom.